The minimum Gasteiger partial charge on any atom is -0.489 e. The quantitative estimate of drug-likeness (QED) is 0.314. The Balaban J connectivity index is 1.66. The molecule has 1 aliphatic carbocycles. The first-order chi connectivity index (χ1) is 19.4. The molecular formula is C33H30Cl3N3O2. The Labute approximate surface area is 255 Å². The molecule has 0 aromatic heterocycles. The fraction of sp³-hybridized carbons (Fsp3) is 0.273. The first kappa shape index (κ1) is 29.1. The molecule has 2 N–H and O–H groups in total. The maximum absolute atomic E-state index is 14.0. The second-order valence-corrected chi connectivity index (χ2v) is 12.7. The molecule has 2 aliphatic rings. The number of ether oxygens (including phenoxy) is 1. The summed E-state index contributed by atoms with van der Waals surface area (Å²) >= 11 is 18.6. The third-order valence-corrected chi connectivity index (χ3v) is 8.78. The van der Waals surface area contributed by atoms with Gasteiger partial charge in [0.2, 0.25) is 0 Å². The number of anilines is 1. The number of rotatable bonds is 5. The second-order valence-electron chi connectivity index (χ2n) is 11.5. The van der Waals surface area contributed by atoms with Crippen molar-refractivity contribution in [3.8, 4) is 11.8 Å². The van der Waals surface area contributed by atoms with Crippen molar-refractivity contribution in [3.05, 3.63) is 115 Å². The van der Waals surface area contributed by atoms with Crippen LogP contribution in [0.3, 0.4) is 0 Å². The number of ketones is 1. The van der Waals surface area contributed by atoms with Gasteiger partial charge in [-0.15, -0.1) is 0 Å². The molecule has 3 aromatic carbocycles. The van der Waals surface area contributed by atoms with Gasteiger partial charge in [-0.1, -0.05) is 60.8 Å². The molecule has 1 aliphatic heterocycles. The molecular weight excluding hydrogens is 577 g/mol. The molecule has 0 saturated heterocycles. The Morgan fingerprint density at radius 2 is 1.71 bits per heavy atom. The number of nitriles is 1. The minimum absolute atomic E-state index is 0.00509. The molecule has 8 heteroatoms. The van der Waals surface area contributed by atoms with Gasteiger partial charge in [0.05, 0.1) is 27.6 Å². The Bertz CT molecular complexity index is 1670. The molecule has 5 nitrogen and oxygen atoms in total. The summed E-state index contributed by atoms with van der Waals surface area (Å²) in [7, 11) is 0. The van der Waals surface area contributed by atoms with E-state index in [0.717, 1.165) is 28.0 Å². The van der Waals surface area contributed by atoms with Gasteiger partial charge in [0.15, 0.2) is 5.78 Å². The van der Waals surface area contributed by atoms with Crippen molar-refractivity contribution in [2.45, 2.75) is 53.1 Å². The molecule has 0 bridgehead atoms. The zero-order chi connectivity index (χ0) is 29.6. The van der Waals surface area contributed by atoms with E-state index in [4.69, 9.17) is 45.3 Å². The van der Waals surface area contributed by atoms with Gasteiger partial charge in [-0.2, -0.15) is 5.26 Å². The maximum atomic E-state index is 14.0. The van der Waals surface area contributed by atoms with Crippen molar-refractivity contribution in [1.29, 1.82) is 5.26 Å². The number of nitrogens with two attached hydrogens (primary N) is 1. The standard InChI is InChI=1S/C33H30Cl3N3O2/c1-18-11-19(2)24(12-20(18)17-41-23-8-5-21(34)6-9-23)30-25(16-37)32(38)39(22-7-10-26(35)27(36)13-22)28-14-33(3,4)15-29(40)31(28)30/h5-13,30H,14-15,17,38H2,1-4H3. The maximum Gasteiger partial charge on any atom is 0.162 e. The molecule has 210 valence electrons. The fourth-order valence-electron chi connectivity index (χ4n) is 5.81. The molecule has 0 amide bonds. The van der Waals surface area contributed by atoms with Crippen LogP contribution >= 0.6 is 34.8 Å². The molecule has 1 atom stereocenters. The molecule has 3 aromatic rings. The second kappa shape index (κ2) is 11.1. The molecule has 0 spiro atoms. The van der Waals surface area contributed by atoms with Crippen LogP contribution in [-0.2, 0) is 11.4 Å². The van der Waals surface area contributed by atoms with Gasteiger partial charge >= 0.3 is 0 Å². The fourth-order valence-corrected chi connectivity index (χ4v) is 6.23. The van der Waals surface area contributed by atoms with Gasteiger partial charge in [0.25, 0.3) is 0 Å². The van der Waals surface area contributed by atoms with E-state index in [1.807, 2.05) is 32.0 Å². The van der Waals surface area contributed by atoms with E-state index >= 15 is 0 Å². The lowest BCUT2D eigenvalue weighted by Gasteiger charge is -2.44. The van der Waals surface area contributed by atoms with Gasteiger partial charge in [0, 0.05) is 28.4 Å². The van der Waals surface area contributed by atoms with E-state index in [-0.39, 0.29) is 17.0 Å². The third-order valence-electron chi connectivity index (χ3n) is 7.79. The number of Topliss-reactive ketones (excluding diaryl/α,β-unsaturated/α-hetero) is 1. The van der Waals surface area contributed by atoms with Gasteiger partial charge in [-0.05, 0) is 90.4 Å². The van der Waals surface area contributed by atoms with Crippen LogP contribution in [0.15, 0.2) is 77.3 Å². The summed E-state index contributed by atoms with van der Waals surface area (Å²) in [4.78, 5) is 15.8. The molecule has 0 fully saturated rings. The summed E-state index contributed by atoms with van der Waals surface area (Å²) in [5, 5.41) is 11.9. The highest BCUT2D eigenvalue weighted by molar-refractivity contribution is 6.42. The lowest BCUT2D eigenvalue weighted by molar-refractivity contribution is -0.118. The van der Waals surface area contributed by atoms with Crippen LogP contribution in [0.4, 0.5) is 5.69 Å². The van der Waals surface area contributed by atoms with E-state index in [0.29, 0.717) is 57.1 Å². The summed E-state index contributed by atoms with van der Waals surface area (Å²) in [6, 6.07) is 18.9. The van der Waals surface area contributed by atoms with Crippen molar-refractivity contribution < 1.29 is 9.53 Å². The summed E-state index contributed by atoms with van der Waals surface area (Å²) in [5.41, 5.74) is 12.7. The topological polar surface area (TPSA) is 79.4 Å². The summed E-state index contributed by atoms with van der Waals surface area (Å²) in [6.07, 6.45) is 0.968. The van der Waals surface area contributed by atoms with E-state index in [2.05, 4.69) is 26.0 Å². The Morgan fingerprint density at radius 3 is 2.37 bits per heavy atom. The van der Waals surface area contributed by atoms with Gasteiger partial charge in [-0.3, -0.25) is 9.69 Å². The van der Waals surface area contributed by atoms with Crippen LogP contribution in [0.2, 0.25) is 15.1 Å². The number of benzene rings is 3. The van der Waals surface area contributed by atoms with Crippen LogP contribution in [0, 0.1) is 30.6 Å². The molecule has 1 unspecified atom stereocenters. The first-order valence-corrected chi connectivity index (χ1v) is 14.4. The number of halogens is 3. The molecule has 0 radical (unpaired) electrons. The Hall–Kier alpha value is -3.43. The molecule has 41 heavy (non-hydrogen) atoms. The molecule has 0 saturated carbocycles. The number of hydrogen-bond acceptors (Lipinski definition) is 5. The number of aryl methyl sites for hydroxylation is 2. The Kier molecular flexibility index (Phi) is 7.87. The van der Waals surface area contributed by atoms with Gasteiger partial charge in [0.1, 0.15) is 18.2 Å². The number of nitrogens with zero attached hydrogens (tertiary/aromatic N) is 2. The number of hydrogen-bond donors (Lipinski definition) is 1. The third kappa shape index (κ3) is 5.57. The van der Waals surface area contributed by atoms with E-state index in [1.54, 1.807) is 35.2 Å². The largest absolute Gasteiger partial charge is 0.489 e. The number of carbonyl (C=O) groups is 1. The highest BCUT2D eigenvalue weighted by Gasteiger charge is 2.45. The van der Waals surface area contributed by atoms with Crippen molar-refractivity contribution >= 4 is 46.3 Å². The number of carbonyl (C=O) groups excluding carboxylic acids is 1. The molecule has 1 heterocycles. The normalized spacial score (nSPS) is 18.3. The van der Waals surface area contributed by atoms with Gasteiger partial charge < -0.3 is 10.5 Å². The lowest BCUT2D eigenvalue weighted by atomic mass is 9.68. The van der Waals surface area contributed by atoms with Gasteiger partial charge in [-0.25, -0.2) is 0 Å². The minimum atomic E-state index is -0.604. The SMILES string of the molecule is Cc1cc(C)c(C2C(C#N)=C(N)N(c3ccc(Cl)c(Cl)c3)C3=C2C(=O)CC(C)(C)C3)cc1COc1ccc(Cl)cc1. The van der Waals surface area contributed by atoms with Crippen LogP contribution in [0.1, 0.15) is 54.9 Å². The van der Waals surface area contributed by atoms with E-state index < -0.39 is 5.92 Å². The zero-order valence-electron chi connectivity index (χ0n) is 23.3. The summed E-state index contributed by atoms with van der Waals surface area (Å²) < 4.78 is 6.06. The van der Waals surface area contributed by atoms with Crippen molar-refractivity contribution in [2.75, 3.05) is 4.90 Å². The van der Waals surface area contributed by atoms with E-state index in [1.165, 1.54) is 0 Å². The first-order valence-electron chi connectivity index (χ1n) is 13.3. The van der Waals surface area contributed by atoms with Crippen molar-refractivity contribution in [3.63, 3.8) is 0 Å². The average molecular weight is 607 g/mol. The highest BCUT2D eigenvalue weighted by Crippen LogP contribution is 2.51. The molecule has 5 rings (SSSR count). The van der Waals surface area contributed by atoms with Crippen molar-refractivity contribution in [2.24, 2.45) is 11.1 Å². The lowest BCUT2D eigenvalue weighted by Crippen LogP contribution is -2.42. The smallest absolute Gasteiger partial charge is 0.162 e. The van der Waals surface area contributed by atoms with Crippen LogP contribution < -0.4 is 15.4 Å². The monoisotopic (exact) mass is 605 g/mol. The summed E-state index contributed by atoms with van der Waals surface area (Å²) in [5.74, 6) is 0.375. The number of allylic oxidation sites excluding steroid dienone is 3. The predicted octanol–water partition coefficient (Wildman–Crippen LogP) is 8.78. The van der Waals surface area contributed by atoms with Crippen LogP contribution in [0.25, 0.3) is 0 Å². The average Bonchev–Trinajstić information content (AvgIpc) is 2.90. The highest BCUT2D eigenvalue weighted by atomic mass is 35.5. The van der Waals surface area contributed by atoms with E-state index in [9.17, 15) is 10.1 Å². The Morgan fingerprint density at radius 1 is 1.00 bits per heavy atom. The predicted molar refractivity (Wildman–Crippen MR) is 165 cm³/mol. The zero-order valence-corrected chi connectivity index (χ0v) is 25.6. The van der Waals surface area contributed by atoms with Crippen LogP contribution in [0.5, 0.6) is 5.75 Å². The summed E-state index contributed by atoms with van der Waals surface area (Å²) in [6.45, 7) is 8.48. The van der Waals surface area contributed by atoms with Crippen LogP contribution in [-0.4, -0.2) is 5.78 Å². The van der Waals surface area contributed by atoms with Crippen molar-refractivity contribution in [1.82, 2.24) is 0 Å².